The van der Waals surface area contributed by atoms with Crippen molar-refractivity contribution < 1.29 is 27.2 Å². The van der Waals surface area contributed by atoms with E-state index in [0.717, 1.165) is 6.07 Å². The van der Waals surface area contributed by atoms with Crippen molar-refractivity contribution in [2.75, 3.05) is 25.2 Å². The van der Waals surface area contributed by atoms with E-state index in [9.17, 15) is 22.8 Å². The first-order chi connectivity index (χ1) is 12.3. The Balaban J connectivity index is 1.65. The summed E-state index contributed by atoms with van der Waals surface area (Å²) in [6.45, 7) is -0.567. The molecular weight excluding hydrogens is 362 g/mol. The first-order valence-electron chi connectivity index (χ1n) is 7.93. The number of para-hydroxylation sites is 1. The molecule has 138 valence electrons. The minimum atomic E-state index is -3.13. The topological polar surface area (TPSA) is 111 Å². The lowest BCUT2D eigenvalue weighted by molar-refractivity contribution is -0.134. The minimum Gasteiger partial charge on any atom is -0.450 e. The van der Waals surface area contributed by atoms with Gasteiger partial charge in [0.1, 0.15) is 5.58 Å². The summed E-state index contributed by atoms with van der Waals surface area (Å²) in [4.78, 5) is 37.4. The van der Waals surface area contributed by atoms with Crippen LogP contribution in [0.25, 0.3) is 11.0 Å². The molecule has 0 bridgehead atoms. The number of hydrogen-bond donors (Lipinski definition) is 0. The highest BCUT2D eigenvalue weighted by molar-refractivity contribution is 7.91. The maximum atomic E-state index is 12.1. The normalized spacial score (nSPS) is 18.6. The fraction of sp³-hybridized carbons (Fsp3) is 0.353. The Morgan fingerprint density at radius 3 is 2.73 bits per heavy atom. The van der Waals surface area contributed by atoms with Crippen LogP contribution in [-0.4, -0.2) is 56.4 Å². The van der Waals surface area contributed by atoms with Gasteiger partial charge in [0.05, 0.1) is 16.9 Å². The zero-order valence-electron chi connectivity index (χ0n) is 14.0. The molecule has 0 unspecified atom stereocenters. The van der Waals surface area contributed by atoms with Gasteiger partial charge in [-0.3, -0.25) is 9.59 Å². The summed E-state index contributed by atoms with van der Waals surface area (Å²) in [7, 11) is -1.66. The van der Waals surface area contributed by atoms with Gasteiger partial charge in [-0.05, 0) is 18.6 Å². The molecule has 0 N–H and O–H groups in total. The number of benzene rings is 1. The van der Waals surface area contributed by atoms with E-state index in [2.05, 4.69) is 0 Å². The summed E-state index contributed by atoms with van der Waals surface area (Å²) < 4.78 is 33.2. The van der Waals surface area contributed by atoms with E-state index in [1.807, 2.05) is 0 Å². The van der Waals surface area contributed by atoms with E-state index in [4.69, 9.17) is 9.15 Å². The lowest BCUT2D eigenvalue weighted by Gasteiger charge is -2.23. The van der Waals surface area contributed by atoms with Gasteiger partial charge in [0.25, 0.3) is 5.91 Å². The predicted octanol–water partition coefficient (Wildman–Crippen LogP) is 0.595. The van der Waals surface area contributed by atoms with Crippen LogP contribution in [0.5, 0.6) is 0 Å². The lowest BCUT2D eigenvalue weighted by Crippen LogP contribution is -2.40. The summed E-state index contributed by atoms with van der Waals surface area (Å²) in [5.41, 5.74) is -0.148. The molecule has 1 aromatic heterocycles. The zero-order valence-corrected chi connectivity index (χ0v) is 14.8. The van der Waals surface area contributed by atoms with Crippen LogP contribution in [0.1, 0.15) is 17.0 Å². The average Bonchev–Trinajstić information content (AvgIpc) is 2.98. The molecule has 26 heavy (non-hydrogen) atoms. The highest BCUT2D eigenvalue weighted by Crippen LogP contribution is 2.17. The van der Waals surface area contributed by atoms with Crippen molar-refractivity contribution in [2.45, 2.75) is 12.5 Å². The number of sulfone groups is 1. The van der Waals surface area contributed by atoms with Crippen molar-refractivity contribution >= 4 is 32.7 Å². The Hall–Kier alpha value is -2.68. The average molecular weight is 379 g/mol. The predicted molar refractivity (Wildman–Crippen MR) is 92.6 cm³/mol. The first kappa shape index (κ1) is 18.1. The summed E-state index contributed by atoms with van der Waals surface area (Å²) >= 11 is 0. The quantitative estimate of drug-likeness (QED) is 0.715. The van der Waals surface area contributed by atoms with Crippen LogP contribution in [0.4, 0.5) is 0 Å². The third-order valence-corrected chi connectivity index (χ3v) is 6.06. The third-order valence-electron chi connectivity index (χ3n) is 4.31. The maximum absolute atomic E-state index is 12.1. The van der Waals surface area contributed by atoms with E-state index < -0.39 is 39.8 Å². The number of amides is 1. The van der Waals surface area contributed by atoms with Crippen LogP contribution in [-0.2, 0) is 19.4 Å². The molecular formula is C17H17NO7S. The van der Waals surface area contributed by atoms with E-state index in [1.165, 1.54) is 11.9 Å². The molecule has 1 atom stereocenters. The van der Waals surface area contributed by atoms with E-state index in [0.29, 0.717) is 11.8 Å². The number of hydrogen-bond acceptors (Lipinski definition) is 7. The van der Waals surface area contributed by atoms with Gasteiger partial charge in [-0.2, -0.15) is 0 Å². The Kier molecular flexibility index (Phi) is 4.82. The molecule has 1 aliphatic heterocycles. The Labute approximate surface area is 149 Å². The molecule has 8 nitrogen and oxygen atoms in total. The van der Waals surface area contributed by atoms with Crippen LogP contribution in [0.3, 0.4) is 0 Å². The molecule has 0 aliphatic carbocycles. The lowest BCUT2D eigenvalue weighted by atomic mass is 10.2. The van der Waals surface area contributed by atoms with Gasteiger partial charge in [-0.15, -0.1) is 0 Å². The highest BCUT2D eigenvalue weighted by Gasteiger charge is 2.33. The van der Waals surface area contributed by atoms with Gasteiger partial charge in [-0.25, -0.2) is 13.2 Å². The second kappa shape index (κ2) is 6.91. The number of likely N-dealkylation sites (N-methyl/N-ethyl adjacent to an activating group) is 1. The Morgan fingerprint density at radius 2 is 2.04 bits per heavy atom. The molecule has 2 heterocycles. The third kappa shape index (κ3) is 3.77. The number of esters is 1. The molecule has 2 aromatic rings. The molecule has 0 saturated carbocycles. The van der Waals surface area contributed by atoms with E-state index in [1.54, 1.807) is 24.3 Å². The van der Waals surface area contributed by atoms with Crippen molar-refractivity contribution in [1.29, 1.82) is 0 Å². The monoisotopic (exact) mass is 379 g/mol. The molecule has 1 aromatic carbocycles. The molecule has 1 saturated heterocycles. The minimum absolute atomic E-state index is 0.0390. The highest BCUT2D eigenvalue weighted by atomic mass is 32.2. The summed E-state index contributed by atoms with van der Waals surface area (Å²) in [5, 5.41) is 0.335. The van der Waals surface area contributed by atoms with Crippen molar-refractivity contribution in [3.63, 3.8) is 0 Å². The fourth-order valence-corrected chi connectivity index (χ4v) is 4.56. The SMILES string of the molecule is CN(C(=O)COC(=O)c1cc(=O)c2ccccc2o1)[C@@H]1CCS(=O)(=O)C1. The Bertz CT molecular complexity index is 1020. The number of carbonyl (C=O) groups excluding carboxylic acids is 2. The van der Waals surface area contributed by atoms with Crippen LogP contribution in [0, 0.1) is 0 Å². The number of ether oxygens (including phenoxy) is 1. The zero-order chi connectivity index (χ0) is 18.9. The van der Waals surface area contributed by atoms with Crippen molar-refractivity contribution in [1.82, 2.24) is 4.90 Å². The van der Waals surface area contributed by atoms with Gasteiger partial charge < -0.3 is 14.1 Å². The van der Waals surface area contributed by atoms with Gasteiger partial charge in [0.2, 0.25) is 5.76 Å². The van der Waals surface area contributed by atoms with Crippen LogP contribution in [0.2, 0.25) is 0 Å². The standard InChI is InChI=1S/C17H17NO7S/c1-18(11-6-7-26(22,23)10-11)16(20)9-24-17(21)15-8-13(19)12-4-2-3-5-14(12)25-15/h2-5,8,11H,6-7,9-10H2,1H3/t11-/m1/s1. The van der Waals surface area contributed by atoms with E-state index in [-0.39, 0.29) is 22.8 Å². The van der Waals surface area contributed by atoms with Crippen molar-refractivity contribution in [3.05, 3.63) is 46.3 Å². The molecule has 0 radical (unpaired) electrons. The van der Waals surface area contributed by atoms with Gasteiger partial charge in [0, 0.05) is 19.2 Å². The van der Waals surface area contributed by atoms with Crippen molar-refractivity contribution in [2.24, 2.45) is 0 Å². The van der Waals surface area contributed by atoms with Crippen molar-refractivity contribution in [3.8, 4) is 0 Å². The molecule has 9 heteroatoms. The second-order valence-corrected chi connectivity index (χ2v) is 8.34. The molecule has 1 fully saturated rings. The van der Waals surface area contributed by atoms with Crippen LogP contribution < -0.4 is 5.43 Å². The summed E-state index contributed by atoms with van der Waals surface area (Å²) in [6.07, 6.45) is 0.359. The smallest absolute Gasteiger partial charge is 0.374 e. The first-order valence-corrected chi connectivity index (χ1v) is 9.75. The van der Waals surface area contributed by atoms with Gasteiger partial charge in [-0.1, -0.05) is 12.1 Å². The summed E-state index contributed by atoms with van der Waals surface area (Å²) in [6, 6.07) is 7.05. The van der Waals surface area contributed by atoms with Crippen LogP contribution >= 0.6 is 0 Å². The molecule has 1 amide bonds. The number of carbonyl (C=O) groups is 2. The Morgan fingerprint density at radius 1 is 1.31 bits per heavy atom. The molecule has 3 rings (SSSR count). The van der Waals surface area contributed by atoms with Crippen LogP contribution in [0.15, 0.2) is 39.5 Å². The largest absolute Gasteiger partial charge is 0.450 e. The maximum Gasteiger partial charge on any atom is 0.374 e. The number of nitrogens with zero attached hydrogens (tertiary/aromatic N) is 1. The number of rotatable bonds is 4. The molecule has 1 aliphatic rings. The summed E-state index contributed by atoms with van der Waals surface area (Å²) in [5.74, 6) is -1.81. The number of fused-ring (bicyclic) bond motifs is 1. The molecule has 0 spiro atoms. The fourth-order valence-electron chi connectivity index (χ4n) is 2.79. The van der Waals surface area contributed by atoms with Gasteiger partial charge >= 0.3 is 5.97 Å². The van der Waals surface area contributed by atoms with Gasteiger partial charge in [0.15, 0.2) is 21.9 Å². The van der Waals surface area contributed by atoms with E-state index >= 15 is 0 Å². The second-order valence-electron chi connectivity index (χ2n) is 6.11.